The maximum atomic E-state index is 12.0. The molecule has 0 bridgehead atoms. The zero-order valence-electron chi connectivity index (χ0n) is 12.0. The minimum absolute atomic E-state index is 0.106. The summed E-state index contributed by atoms with van der Waals surface area (Å²) < 4.78 is 24.1. The van der Waals surface area contributed by atoms with Gasteiger partial charge in [-0.05, 0) is 11.6 Å². The van der Waals surface area contributed by atoms with Gasteiger partial charge in [-0.15, -0.1) is 0 Å². The minimum atomic E-state index is -3.67. The number of carbonyl (C=O) groups excluding carboxylic acids is 2. The third-order valence-electron chi connectivity index (χ3n) is 2.86. The van der Waals surface area contributed by atoms with Gasteiger partial charge in [0.2, 0.25) is 17.9 Å². The van der Waals surface area contributed by atoms with Crippen LogP contribution in [0.2, 0.25) is 0 Å². The molecule has 0 atom stereocenters. The Bertz CT molecular complexity index is 776. The lowest BCUT2D eigenvalue weighted by Crippen LogP contribution is -2.33. The lowest BCUT2D eigenvalue weighted by Gasteiger charge is -2.08. The zero-order valence-corrected chi connectivity index (χ0v) is 12.8. The Hall–Kier alpha value is -2.91. The van der Waals surface area contributed by atoms with Crippen molar-refractivity contribution in [2.75, 3.05) is 5.75 Å². The molecule has 0 aliphatic carbocycles. The summed E-state index contributed by atoms with van der Waals surface area (Å²) >= 11 is 0. The van der Waals surface area contributed by atoms with Crippen LogP contribution in [0.4, 0.5) is 0 Å². The van der Waals surface area contributed by atoms with Crippen LogP contribution in [0.3, 0.4) is 0 Å². The Morgan fingerprint density at radius 2 is 1.83 bits per heavy atom. The molecule has 0 heterocycles. The molecule has 23 heavy (non-hydrogen) atoms. The van der Waals surface area contributed by atoms with Crippen molar-refractivity contribution >= 4 is 21.7 Å². The topological polar surface area (TPSA) is 154 Å². The number of amides is 2. The van der Waals surface area contributed by atoms with Gasteiger partial charge < -0.3 is 11.1 Å². The highest BCUT2D eigenvalue weighted by Gasteiger charge is 2.19. The van der Waals surface area contributed by atoms with Gasteiger partial charge in [0.1, 0.15) is 12.1 Å². The van der Waals surface area contributed by atoms with Gasteiger partial charge in [0, 0.05) is 12.0 Å². The van der Waals surface area contributed by atoms with E-state index >= 15 is 0 Å². The normalized spacial score (nSPS) is 10.6. The molecule has 1 rings (SSSR count). The van der Waals surface area contributed by atoms with Crippen LogP contribution in [-0.2, 0) is 20.4 Å². The summed E-state index contributed by atoms with van der Waals surface area (Å²) in [5.41, 5.74) is 5.54. The van der Waals surface area contributed by atoms with Crippen LogP contribution >= 0.6 is 0 Å². The first-order valence-corrected chi connectivity index (χ1v) is 8.28. The molecule has 0 unspecified atom stereocenters. The molecule has 0 aliphatic rings. The standard InChI is InChI=1S/C14H14N4O4S/c15-7-11(8-16)18-13(19)5-6-23(21,22)9-10-3-1-2-4-12(10)14(17)20/h1-4,11H,5-6,9H2,(H2,17,20)(H,18,19). The molecule has 8 nitrogen and oxygen atoms in total. The minimum Gasteiger partial charge on any atom is -0.366 e. The molecule has 1 aromatic rings. The summed E-state index contributed by atoms with van der Waals surface area (Å²) in [6.07, 6.45) is -0.388. The van der Waals surface area contributed by atoms with Crippen molar-refractivity contribution in [2.45, 2.75) is 18.2 Å². The van der Waals surface area contributed by atoms with Crippen molar-refractivity contribution < 1.29 is 18.0 Å². The summed E-state index contributed by atoms with van der Waals surface area (Å²) in [7, 11) is -3.67. The number of nitrogens with two attached hydrogens (primary N) is 1. The molecule has 0 saturated carbocycles. The Morgan fingerprint density at radius 1 is 1.22 bits per heavy atom. The van der Waals surface area contributed by atoms with E-state index in [0.29, 0.717) is 0 Å². The van der Waals surface area contributed by atoms with Crippen LogP contribution in [0.1, 0.15) is 22.3 Å². The Balaban J connectivity index is 2.72. The van der Waals surface area contributed by atoms with Crippen molar-refractivity contribution in [3.8, 4) is 12.1 Å². The number of nitriles is 2. The molecule has 3 N–H and O–H groups in total. The van der Waals surface area contributed by atoms with Crippen molar-refractivity contribution in [3.05, 3.63) is 35.4 Å². The van der Waals surface area contributed by atoms with Gasteiger partial charge in [-0.3, -0.25) is 9.59 Å². The average molecular weight is 334 g/mol. The molecule has 0 saturated heterocycles. The van der Waals surface area contributed by atoms with E-state index in [0.717, 1.165) is 0 Å². The number of primary amides is 1. The molecular weight excluding hydrogens is 320 g/mol. The first kappa shape index (κ1) is 18.1. The van der Waals surface area contributed by atoms with E-state index < -0.39 is 39.2 Å². The van der Waals surface area contributed by atoms with Gasteiger partial charge in [-0.25, -0.2) is 8.42 Å². The number of hydrogen-bond donors (Lipinski definition) is 2. The van der Waals surface area contributed by atoms with Crippen molar-refractivity contribution in [1.29, 1.82) is 10.5 Å². The van der Waals surface area contributed by atoms with E-state index in [9.17, 15) is 18.0 Å². The second-order valence-electron chi connectivity index (χ2n) is 4.62. The molecule has 0 fully saturated rings. The lowest BCUT2D eigenvalue weighted by molar-refractivity contribution is -0.120. The fourth-order valence-corrected chi connectivity index (χ4v) is 3.14. The SMILES string of the molecule is N#CC(C#N)NC(=O)CCS(=O)(=O)Cc1ccccc1C(N)=O. The highest BCUT2D eigenvalue weighted by Crippen LogP contribution is 2.13. The van der Waals surface area contributed by atoms with Gasteiger partial charge >= 0.3 is 0 Å². The van der Waals surface area contributed by atoms with Crippen molar-refractivity contribution in [1.82, 2.24) is 5.32 Å². The zero-order chi connectivity index (χ0) is 17.5. The van der Waals surface area contributed by atoms with E-state index in [1.165, 1.54) is 12.1 Å². The summed E-state index contributed by atoms with van der Waals surface area (Å²) in [5, 5.41) is 19.1. The Kier molecular flexibility index (Phi) is 6.24. The number of nitrogens with zero attached hydrogens (tertiary/aromatic N) is 2. The maximum Gasteiger partial charge on any atom is 0.249 e. The number of rotatable bonds is 7. The van der Waals surface area contributed by atoms with Crippen LogP contribution in [0.5, 0.6) is 0 Å². The molecule has 0 spiro atoms. The second kappa shape index (κ2) is 7.92. The molecule has 9 heteroatoms. The number of sulfone groups is 1. The highest BCUT2D eigenvalue weighted by molar-refractivity contribution is 7.90. The average Bonchev–Trinajstić information content (AvgIpc) is 2.50. The summed E-state index contributed by atoms with van der Waals surface area (Å²) in [5.74, 6) is -2.36. The van der Waals surface area contributed by atoms with Crippen molar-refractivity contribution in [3.63, 3.8) is 0 Å². The van der Waals surface area contributed by atoms with Crippen LogP contribution in [0.15, 0.2) is 24.3 Å². The summed E-state index contributed by atoms with van der Waals surface area (Å²) in [6, 6.07) is 7.81. The number of hydrogen-bond acceptors (Lipinski definition) is 6. The van der Waals surface area contributed by atoms with Crippen LogP contribution < -0.4 is 11.1 Å². The molecule has 1 aromatic carbocycles. The number of carbonyl (C=O) groups is 2. The van der Waals surface area contributed by atoms with Gasteiger partial charge in [-0.1, -0.05) is 18.2 Å². The highest BCUT2D eigenvalue weighted by atomic mass is 32.2. The third-order valence-corrected chi connectivity index (χ3v) is 4.44. The van der Waals surface area contributed by atoms with E-state index in [-0.39, 0.29) is 17.5 Å². The van der Waals surface area contributed by atoms with Gasteiger partial charge in [0.15, 0.2) is 9.84 Å². The predicted molar refractivity (Wildman–Crippen MR) is 80.2 cm³/mol. The van der Waals surface area contributed by atoms with Crippen molar-refractivity contribution in [2.24, 2.45) is 5.73 Å². The first-order chi connectivity index (χ1) is 10.8. The van der Waals surface area contributed by atoms with Gasteiger partial charge in [0.25, 0.3) is 0 Å². The van der Waals surface area contributed by atoms with E-state index in [1.54, 1.807) is 24.3 Å². The molecule has 2 amide bonds. The van der Waals surface area contributed by atoms with E-state index in [4.69, 9.17) is 16.3 Å². The summed E-state index contributed by atoms with van der Waals surface area (Å²) in [4.78, 5) is 22.8. The van der Waals surface area contributed by atoms with E-state index in [1.807, 2.05) is 0 Å². The quantitative estimate of drug-likeness (QED) is 0.693. The van der Waals surface area contributed by atoms with Crippen LogP contribution in [-0.4, -0.2) is 32.0 Å². The number of benzene rings is 1. The molecule has 120 valence electrons. The molecule has 0 aromatic heterocycles. The van der Waals surface area contributed by atoms with Crippen LogP contribution in [0, 0.1) is 22.7 Å². The largest absolute Gasteiger partial charge is 0.366 e. The maximum absolute atomic E-state index is 12.0. The number of nitrogens with one attached hydrogen (secondary N) is 1. The second-order valence-corrected chi connectivity index (χ2v) is 6.81. The molecule has 0 aliphatic heterocycles. The van der Waals surface area contributed by atoms with Crippen LogP contribution in [0.25, 0.3) is 0 Å². The Labute approximate surface area is 133 Å². The van der Waals surface area contributed by atoms with E-state index in [2.05, 4.69) is 5.32 Å². The molecular formula is C14H14N4O4S. The Morgan fingerprint density at radius 3 is 2.39 bits per heavy atom. The van der Waals surface area contributed by atoms with Gasteiger partial charge in [0.05, 0.1) is 11.5 Å². The first-order valence-electron chi connectivity index (χ1n) is 6.46. The third kappa shape index (κ3) is 5.77. The fourth-order valence-electron chi connectivity index (χ4n) is 1.77. The predicted octanol–water partition coefficient (Wildman–Crippen LogP) is -0.378. The lowest BCUT2D eigenvalue weighted by atomic mass is 10.1. The van der Waals surface area contributed by atoms with Gasteiger partial charge in [-0.2, -0.15) is 10.5 Å². The monoisotopic (exact) mass is 334 g/mol. The smallest absolute Gasteiger partial charge is 0.249 e. The fraction of sp³-hybridized carbons (Fsp3) is 0.286. The molecule has 0 radical (unpaired) electrons. The summed E-state index contributed by atoms with van der Waals surface area (Å²) in [6.45, 7) is 0.